The molecule has 0 N–H and O–H groups in total. The van der Waals surface area contributed by atoms with Crippen molar-refractivity contribution in [3.8, 4) is 5.75 Å². The number of benzene rings is 2. The molecule has 2 aromatic rings. The van der Waals surface area contributed by atoms with Gasteiger partial charge in [0.2, 0.25) is 0 Å². The second-order valence-electron chi connectivity index (χ2n) is 4.44. The van der Waals surface area contributed by atoms with Crippen LogP contribution in [0.4, 0.5) is 0 Å². The van der Waals surface area contributed by atoms with E-state index in [1.54, 1.807) is 5.01 Å². The van der Waals surface area contributed by atoms with E-state index in [1.807, 2.05) is 62.8 Å². The summed E-state index contributed by atoms with van der Waals surface area (Å²) >= 11 is 0. The van der Waals surface area contributed by atoms with Crippen LogP contribution in [0.25, 0.3) is 0 Å². The van der Waals surface area contributed by atoms with Crippen molar-refractivity contribution >= 4 is 6.21 Å². The fourth-order valence-electron chi connectivity index (χ4n) is 1.61. The molecule has 0 aliphatic carbocycles. The zero-order valence-electron chi connectivity index (χ0n) is 11.3. The Labute approximate surface area is 114 Å². The Morgan fingerprint density at radius 1 is 1.05 bits per heavy atom. The second-order valence-corrected chi connectivity index (χ2v) is 4.44. The molecule has 2 aromatic carbocycles. The average molecular weight is 254 g/mol. The van der Waals surface area contributed by atoms with Gasteiger partial charge in [0.1, 0.15) is 12.4 Å². The summed E-state index contributed by atoms with van der Waals surface area (Å²) in [5.74, 6) is 0.853. The predicted molar refractivity (Wildman–Crippen MR) is 78.5 cm³/mol. The molecule has 0 bridgehead atoms. The first kappa shape index (κ1) is 13.1. The van der Waals surface area contributed by atoms with E-state index in [4.69, 9.17) is 4.74 Å². The number of rotatable bonds is 5. The van der Waals surface area contributed by atoms with Crippen LogP contribution in [0.5, 0.6) is 5.75 Å². The lowest BCUT2D eigenvalue weighted by molar-refractivity contribution is 0.306. The molecule has 0 atom stereocenters. The monoisotopic (exact) mass is 254 g/mol. The quantitative estimate of drug-likeness (QED) is 0.605. The van der Waals surface area contributed by atoms with Gasteiger partial charge in [-0.15, -0.1) is 0 Å². The molecule has 3 nitrogen and oxygen atoms in total. The minimum atomic E-state index is 0.578. The van der Waals surface area contributed by atoms with Gasteiger partial charge < -0.3 is 9.75 Å². The summed E-state index contributed by atoms with van der Waals surface area (Å²) in [6.07, 6.45) is 1.81. The Hall–Kier alpha value is -2.29. The molecule has 0 amide bonds. The van der Waals surface area contributed by atoms with Gasteiger partial charge in [-0.25, -0.2) is 0 Å². The Balaban J connectivity index is 1.99. The van der Waals surface area contributed by atoms with Crippen LogP contribution in [0.15, 0.2) is 59.7 Å². The van der Waals surface area contributed by atoms with Crippen molar-refractivity contribution in [3.63, 3.8) is 0 Å². The largest absolute Gasteiger partial charge is 0.489 e. The van der Waals surface area contributed by atoms with Crippen LogP contribution in [-0.2, 0) is 6.61 Å². The van der Waals surface area contributed by atoms with Gasteiger partial charge >= 0.3 is 0 Å². The Morgan fingerprint density at radius 2 is 1.84 bits per heavy atom. The molecule has 0 aliphatic heterocycles. The van der Waals surface area contributed by atoms with Crippen molar-refractivity contribution in [1.29, 1.82) is 0 Å². The molecule has 2 rings (SSSR count). The van der Waals surface area contributed by atoms with Gasteiger partial charge in [-0.05, 0) is 23.3 Å². The van der Waals surface area contributed by atoms with Crippen LogP contribution >= 0.6 is 0 Å². The van der Waals surface area contributed by atoms with E-state index < -0.39 is 0 Å². The molecule has 3 heteroatoms. The van der Waals surface area contributed by atoms with Crippen molar-refractivity contribution in [2.45, 2.75) is 6.61 Å². The summed E-state index contributed by atoms with van der Waals surface area (Å²) in [6, 6.07) is 18.0. The van der Waals surface area contributed by atoms with E-state index in [0.29, 0.717) is 6.61 Å². The van der Waals surface area contributed by atoms with Gasteiger partial charge in [0, 0.05) is 14.1 Å². The third-order valence-corrected chi connectivity index (χ3v) is 2.54. The molecular formula is C16H18N2O. The Morgan fingerprint density at radius 3 is 2.58 bits per heavy atom. The van der Waals surface area contributed by atoms with Crippen LogP contribution in [0.1, 0.15) is 11.1 Å². The SMILES string of the molecule is CN(C)/N=C/c1cccc(OCc2ccccc2)c1. The maximum absolute atomic E-state index is 5.76. The topological polar surface area (TPSA) is 24.8 Å². The smallest absolute Gasteiger partial charge is 0.120 e. The zero-order valence-corrected chi connectivity index (χ0v) is 11.3. The Kier molecular flexibility index (Phi) is 4.56. The number of hydrazone groups is 1. The van der Waals surface area contributed by atoms with Crippen molar-refractivity contribution in [2.24, 2.45) is 5.10 Å². The van der Waals surface area contributed by atoms with Crippen molar-refractivity contribution in [1.82, 2.24) is 5.01 Å². The van der Waals surface area contributed by atoms with Gasteiger partial charge in [0.05, 0.1) is 6.21 Å². The van der Waals surface area contributed by atoms with Gasteiger partial charge in [-0.3, -0.25) is 0 Å². The first-order valence-corrected chi connectivity index (χ1v) is 6.22. The number of hydrogen-bond donors (Lipinski definition) is 0. The van der Waals surface area contributed by atoms with Crippen LogP contribution < -0.4 is 4.74 Å². The lowest BCUT2D eigenvalue weighted by Gasteiger charge is -2.07. The van der Waals surface area contributed by atoms with Gasteiger partial charge in [-0.1, -0.05) is 42.5 Å². The molecule has 0 unspecified atom stereocenters. The van der Waals surface area contributed by atoms with Crippen LogP contribution in [0.2, 0.25) is 0 Å². The Bertz CT molecular complexity index is 535. The van der Waals surface area contributed by atoms with E-state index in [0.717, 1.165) is 16.9 Å². The molecule has 0 aromatic heterocycles. The predicted octanol–water partition coefficient (Wildman–Crippen LogP) is 3.16. The first-order valence-electron chi connectivity index (χ1n) is 6.22. The lowest BCUT2D eigenvalue weighted by Crippen LogP contribution is -2.02. The fourth-order valence-corrected chi connectivity index (χ4v) is 1.61. The molecule has 0 saturated heterocycles. The lowest BCUT2D eigenvalue weighted by atomic mass is 10.2. The van der Waals surface area contributed by atoms with E-state index >= 15 is 0 Å². The molecule has 0 heterocycles. The van der Waals surface area contributed by atoms with Crippen LogP contribution in [0, 0.1) is 0 Å². The average Bonchev–Trinajstić information content (AvgIpc) is 2.44. The highest BCUT2D eigenvalue weighted by Crippen LogP contribution is 2.14. The van der Waals surface area contributed by atoms with E-state index in [1.165, 1.54) is 0 Å². The highest BCUT2D eigenvalue weighted by Gasteiger charge is 1.96. The number of ether oxygens (including phenoxy) is 1. The maximum Gasteiger partial charge on any atom is 0.120 e. The molecule has 19 heavy (non-hydrogen) atoms. The van der Waals surface area contributed by atoms with Gasteiger partial charge in [0.15, 0.2) is 0 Å². The zero-order chi connectivity index (χ0) is 13.5. The molecule has 0 saturated carbocycles. The molecule has 98 valence electrons. The van der Waals surface area contributed by atoms with Gasteiger partial charge in [0.25, 0.3) is 0 Å². The first-order chi connectivity index (χ1) is 9.24. The third kappa shape index (κ3) is 4.47. The summed E-state index contributed by atoms with van der Waals surface area (Å²) in [6.45, 7) is 0.578. The number of hydrogen-bond acceptors (Lipinski definition) is 3. The highest BCUT2D eigenvalue weighted by molar-refractivity contribution is 5.79. The summed E-state index contributed by atoms with van der Waals surface area (Å²) in [4.78, 5) is 0. The standard InChI is InChI=1S/C16H18N2O/c1-18(2)17-12-15-9-6-10-16(11-15)19-13-14-7-4-3-5-8-14/h3-12H,13H2,1-2H3/b17-12+. The van der Waals surface area contributed by atoms with E-state index in [2.05, 4.69) is 17.2 Å². The molecule has 0 spiro atoms. The van der Waals surface area contributed by atoms with Crippen LogP contribution in [-0.4, -0.2) is 25.3 Å². The molecule has 0 fully saturated rings. The molecule has 0 radical (unpaired) electrons. The molecule has 0 aliphatic rings. The van der Waals surface area contributed by atoms with Crippen LogP contribution in [0.3, 0.4) is 0 Å². The normalized spacial score (nSPS) is 10.6. The summed E-state index contributed by atoms with van der Waals surface area (Å²) in [5, 5.41) is 5.97. The highest BCUT2D eigenvalue weighted by atomic mass is 16.5. The molecular weight excluding hydrogens is 236 g/mol. The minimum absolute atomic E-state index is 0.578. The minimum Gasteiger partial charge on any atom is -0.489 e. The number of nitrogens with zero attached hydrogens (tertiary/aromatic N) is 2. The third-order valence-electron chi connectivity index (χ3n) is 2.54. The van der Waals surface area contributed by atoms with E-state index in [9.17, 15) is 0 Å². The van der Waals surface area contributed by atoms with Crippen molar-refractivity contribution in [2.75, 3.05) is 14.1 Å². The second kappa shape index (κ2) is 6.59. The maximum atomic E-state index is 5.76. The fraction of sp³-hybridized carbons (Fsp3) is 0.188. The van der Waals surface area contributed by atoms with Crippen molar-refractivity contribution < 1.29 is 4.74 Å². The summed E-state index contributed by atoms with van der Waals surface area (Å²) in [5.41, 5.74) is 2.19. The van der Waals surface area contributed by atoms with Crippen molar-refractivity contribution in [3.05, 3.63) is 65.7 Å². The van der Waals surface area contributed by atoms with E-state index in [-0.39, 0.29) is 0 Å². The summed E-state index contributed by atoms with van der Waals surface area (Å²) < 4.78 is 5.76. The van der Waals surface area contributed by atoms with Gasteiger partial charge in [-0.2, -0.15) is 5.10 Å². The summed E-state index contributed by atoms with van der Waals surface area (Å²) in [7, 11) is 3.79.